The van der Waals surface area contributed by atoms with E-state index in [1.54, 1.807) is 0 Å². The van der Waals surface area contributed by atoms with Crippen molar-refractivity contribution in [1.82, 2.24) is 4.98 Å². The molecule has 5 aromatic rings. The third-order valence-corrected chi connectivity index (χ3v) is 13.5. The Bertz CT molecular complexity index is 3000. The molecule has 1 heterocycles. The number of benzene rings is 4. The predicted octanol–water partition coefficient (Wildman–Crippen LogP) is -9.01. The molecular formula is C25H16K2N6Na2O15S6. The molecule has 5 rings (SSSR count). The minimum atomic E-state index is -5.71. The summed E-state index contributed by atoms with van der Waals surface area (Å²) in [7, 11) is -25.7. The van der Waals surface area contributed by atoms with E-state index in [-0.39, 0.29) is 189 Å². The summed E-state index contributed by atoms with van der Waals surface area (Å²) in [6.07, 6.45) is 0. The van der Waals surface area contributed by atoms with Crippen molar-refractivity contribution >= 4 is 111 Å². The molecule has 0 aliphatic heterocycles. The van der Waals surface area contributed by atoms with Gasteiger partial charge in [0.15, 0.2) is 5.75 Å². The fraction of sp³-hybridized carbons (Fsp3) is 0.0800. The number of fused-ring (bicyclic) bond motifs is 2. The van der Waals surface area contributed by atoms with Crippen LogP contribution < -0.4 is 168 Å². The van der Waals surface area contributed by atoms with Crippen molar-refractivity contribution in [2.45, 2.75) is 30.8 Å². The zero-order valence-electron chi connectivity index (χ0n) is 29.3. The molecule has 3 N–H and O–H groups in total. The first-order valence-corrected chi connectivity index (χ1v) is 21.5. The van der Waals surface area contributed by atoms with Gasteiger partial charge in [-0.1, -0.05) is 6.92 Å². The van der Waals surface area contributed by atoms with Gasteiger partial charge in [-0.15, -0.1) is 26.7 Å². The van der Waals surface area contributed by atoms with Crippen LogP contribution in [-0.4, -0.2) is 76.1 Å². The van der Waals surface area contributed by atoms with Crippen molar-refractivity contribution in [3.05, 3.63) is 48.5 Å². The number of nitrogen functional groups attached to an aromatic ring is 1. The Balaban J connectivity index is 0.00000392. The second kappa shape index (κ2) is 20.3. The Labute approximate surface area is 451 Å². The molecule has 0 aliphatic rings. The summed E-state index contributed by atoms with van der Waals surface area (Å²) in [6, 6.07) is 6.01. The molecule has 276 valence electrons. The minimum Gasteiger partial charge on any atom is -0.744 e. The molecule has 0 atom stereocenters. The molecule has 0 amide bonds. The van der Waals surface area contributed by atoms with E-state index in [2.05, 4.69) is 25.4 Å². The molecule has 0 radical (unpaired) electrons. The summed E-state index contributed by atoms with van der Waals surface area (Å²) in [5.41, 5.74) is 2.12. The van der Waals surface area contributed by atoms with Crippen molar-refractivity contribution < 1.29 is 227 Å². The Hall–Kier alpha value is 0.693. The van der Waals surface area contributed by atoms with Gasteiger partial charge >= 0.3 is 162 Å². The molecule has 31 heteroatoms. The molecule has 0 aliphatic carbocycles. The van der Waals surface area contributed by atoms with Crippen LogP contribution in [0.4, 0.5) is 28.4 Å². The summed E-state index contributed by atoms with van der Waals surface area (Å²) in [5, 5.41) is 24.0. The number of hydrogen-bond donors (Lipinski definition) is 2. The van der Waals surface area contributed by atoms with Crippen LogP contribution >= 0.6 is 11.3 Å². The van der Waals surface area contributed by atoms with Gasteiger partial charge in [0, 0.05) is 0 Å². The predicted molar refractivity (Wildman–Crippen MR) is 174 cm³/mol. The maximum Gasteiger partial charge on any atom is 1.00 e. The van der Waals surface area contributed by atoms with E-state index in [1.165, 1.54) is 25.1 Å². The quantitative estimate of drug-likeness (QED) is 0.0568. The molecule has 0 saturated heterocycles. The van der Waals surface area contributed by atoms with E-state index in [9.17, 15) is 65.4 Å². The number of azo groups is 2. The topological polar surface area (TPSA) is 372 Å². The fourth-order valence-corrected chi connectivity index (χ4v) is 9.19. The van der Waals surface area contributed by atoms with Gasteiger partial charge in [-0.3, -0.25) is 0 Å². The molecule has 0 bridgehead atoms. The normalized spacial score (nSPS) is 12.6. The molecule has 21 nitrogen and oxygen atoms in total. The van der Waals surface area contributed by atoms with E-state index in [0.29, 0.717) is 29.0 Å². The van der Waals surface area contributed by atoms with Crippen LogP contribution in [0.5, 0.6) is 5.75 Å². The largest absolute Gasteiger partial charge is 1.00 e. The number of sulfone groups is 1. The first kappa shape index (κ1) is 54.7. The SMILES string of the molecule is CCS(=O)(=O)c1nc2ccc(N=Nc3c(S(=O)(=O)[O-])cc4cc(S(=O)(=O)[O-])c(N=Nc5cc(S(=O)(=O)[O-])ccc5S(=O)(=O)[O-])c(O)c4c3N)cc2s1.[K+].[K+].[Na+].[Na+]. The van der Waals surface area contributed by atoms with Crippen LogP contribution in [0.3, 0.4) is 0 Å². The summed E-state index contributed by atoms with van der Waals surface area (Å²) in [4.78, 5) is -0.994. The van der Waals surface area contributed by atoms with Crippen LogP contribution in [0.1, 0.15) is 6.92 Å². The number of rotatable bonds is 10. The van der Waals surface area contributed by atoms with Crippen LogP contribution in [0.2, 0.25) is 0 Å². The maximum absolute atomic E-state index is 12.3. The number of thiazole rings is 1. The first-order chi connectivity index (χ1) is 23.8. The molecule has 0 saturated carbocycles. The monoisotopic (exact) mass is 956 g/mol. The number of phenols is 1. The molecule has 0 spiro atoms. The summed E-state index contributed by atoms with van der Waals surface area (Å²) in [5.74, 6) is -1.58. The smallest absolute Gasteiger partial charge is 0.744 e. The van der Waals surface area contributed by atoms with Crippen molar-refractivity contribution in [2.24, 2.45) is 20.5 Å². The minimum absolute atomic E-state index is 0. The zero-order chi connectivity index (χ0) is 38.8. The van der Waals surface area contributed by atoms with Gasteiger partial charge < -0.3 is 29.1 Å². The Morgan fingerprint density at radius 3 is 1.75 bits per heavy atom. The molecule has 0 unspecified atom stereocenters. The number of nitrogens with two attached hydrogens (primary N) is 1. The zero-order valence-corrected chi connectivity index (χ0v) is 44.4. The molecule has 4 aromatic carbocycles. The van der Waals surface area contributed by atoms with Gasteiger partial charge in [0.2, 0.25) is 14.2 Å². The molecule has 1 aromatic heterocycles. The fourth-order valence-electron chi connectivity index (χ4n) is 4.46. The van der Waals surface area contributed by atoms with E-state index in [4.69, 9.17) is 5.73 Å². The Morgan fingerprint density at radius 2 is 1.23 bits per heavy atom. The van der Waals surface area contributed by atoms with Gasteiger partial charge in [-0.2, -0.15) is 5.11 Å². The maximum atomic E-state index is 12.3. The molecular weight excluding hydrogens is 941 g/mol. The third kappa shape index (κ3) is 12.2. The number of aromatic hydroxyl groups is 1. The van der Waals surface area contributed by atoms with Crippen molar-refractivity contribution in [1.29, 1.82) is 0 Å². The Kier molecular flexibility index (Phi) is 19.8. The second-order valence-corrected chi connectivity index (χ2v) is 19.1. The van der Waals surface area contributed by atoms with Crippen molar-refractivity contribution in [2.75, 3.05) is 11.5 Å². The number of anilines is 1. The van der Waals surface area contributed by atoms with E-state index < -0.39 is 109 Å². The summed E-state index contributed by atoms with van der Waals surface area (Å²) < 4.78 is 168. The van der Waals surface area contributed by atoms with E-state index in [0.717, 1.165) is 11.3 Å². The van der Waals surface area contributed by atoms with Crippen LogP contribution in [0.25, 0.3) is 21.0 Å². The van der Waals surface area contributed by atoms with Crippen LogP contribution in [0, 0.1) is 0 Å². The van der Waals surface area contributed by atoms with Gasteiger partial charge in [0.1, 0.15) is 57.5 Å². The average Bonchev–Trinajstić information content (AvgIpc) is 3.46. The standard InChI is InChI=1S/C25H20N6O15S6.2K.2Na/c1-2-48(33,34)25-27-14-5-3-12(9-16(14)47-25)28-30-22-18(51(41,42)43)7-11-8-19(52(44,45)46)23(24(32)20(11)21(22)26)31-29-15-10-13(49(35,36)37)4-6-17(15)50(38,39)40;;;;/h3-10,32H,2,26H2,1H3,(H,35,36,37)(H,38,39,40)(H,41,42,43)(H,44,45,46);;;;/q;4*+1/p-4. The average molecular weight is 957 g/mol. The van der Waals surface area contributed by atoms with Gasteiger partial charge in [0.25, 0.3) is 0 Å². The van der Waals surface area contributed by atoms with Gasteiger partial charge in [-0.25, -0.2) is 47.1 Å². The van der Waals surface area contributed by atoms with Crippen molar-refractivity contribution in [3.63, 3.8) is 0 Å². The van der Waals surface area contributed by atoms with E-state index in [1.807, 2.05) is 0 Å². The molecule has 56 heavy (non-hydrogen) atoms. The van der Waals surface area contributed by atoms with Gasteiger partial charge in [-0.05, 0) is 53.9 Å². The van der Waals surface area contributed by atoms with Crippen LogP contribution in [-0.2, 0) is 50.3 Å². The Morgan fingerprint density at radius 1 is 0.696 bits per heavy atom. The second-order valence-electron chi connectivity index (χ2n) is 10.2. The number of aromatic nitrogens is 1. The number of phenolic OH excluding ortho intramolecular Hbond substituents is 1. The van der Waals surface area contributed by atoms with E-state index >= 15 is 0 Å². The summed E-state index contributed by atoms with van der Waals surface area (Å²) in [6.45, 7) is 1.42. The first-order valence-electron chi connectivity index (χ1n) is 13.4. The third-order valence-electron chi connectivity index (χ3n) is 6.86. The number of hydrogen-bond acceptors (Lipinski definition) is 22. The van der Waals surface area contributed by atoms with Crippen molar-refractivity contribution in [3.8, 4) is 5.75 Å². The summed E-state index contributed by atoms with van der Waals surface area (Å²) >= 11 is 0.797. The molecule has 0 fully saturated rings. The number of nitrogens with zero attached hydrogens (tertiary/aromatic N) is 5. The van der Waals surface area contributed by atoms with Gasteiger partial charge in [0.05, 0.1) is 52.3 Å². The van der Waals surface area contributed by atoms with Crippen LogP contribution in [0.15, 0.2) is 92.9 Å².